The highest BCUT2D eigenvalue weighted by Crippen LogP contribution is 2.08. The lowest BCUT2D eigenvalue weighted by Crippen LogP contribution is -2.04. The van der Waals surface area contributed by atoms with Gasteiger partial charge in [0.2, 0.25) is 5.78 Å². The summed E-state index contributed by atoms with van der Waals surface area (Å²) >= 11 is 0. The van der Waals surface area contributed by atoms with Crippen LogP contribution in [-0.2, 0) is 0 Å². The van der Waals surface area contributed by atoms with Crippen molar-refractivity contribution in [1.82, 2.24) is 9.97 Å². The van der Waals surface area contributed by atoms with Gasteiger partial charge in [-0.3, -0.25) is 9.78 Å². The number of fused-ring (bicyclic) bond motifs is 1. The fourth-order valence-corrected chi connectivity index (χ4v) is 1.19. The summed E-state index contributed by atoms with van der Waals surface area (Å²) in [4.78, 5) is 19.4. The molecule has 1 aromatic carbocycles. The van der Waals surface area contributed by atoms with Gasteiger partial charge in [-0.05, 0) is 12.1 Å². The molecule has 5 nitrogen and oxygen atoms in total. The molecule has 2 aromatic rings. The molecule has 74 valence electrons. The predicted molar refractivity (Wildman–Crippen MR) is 54.1 cm³/mol. The van der Waals surface area contributed by atoms with Gasteiger partial charge in [0, 0.05) is 0 Å². The van der Waals surface area contributed by atoms with E-state index < -0.39 is 5.78 Å². The summed E-state index contributed by atoms with van der Waals surface area (Å²) in [7, 11) is 0. The monoisotopic (exact) mass is 201 g/mol. The third-order valence-electron chi connectivity index (χ3n) is 1.88. The standard InChI is InChI=1S/C10H7N3O2/c14-10(6-12-15)9-5-11-7-3-1-2-4-8(7)13-9/h1-6,15H/b12-6+. The van der Waals surface area contributed by atoms with Gasteiger partial charge < -0.3 is 5.21 Å². The molecule has 5 heteroatoms. The maximum atomic E-state index is 11.3. The summed E-state index contributed by atoms with van der Waals surface area (Å²) in [6.45, 7) is 0. The Morgan fingerprint density at radius 1 is 1.33 bits per heavy atom. The van der Waals surface area contributed by atoms with Crippen molar-refractivity contribution in [2.75, 3.05) is 0 Å². The lowest BCUT2D eigenvalue weighted by Gasteiger charge is -1.97. The summed E-state index contributed by atoms with van der Waals surface area (Å²) in [6, 6.07) is 7.21. The summed E-state index contributed by atoms with van der Waals surface area (Å²) in [6.07, 6.45) is 2.14. The Labute approximate surface area is 85.1 Å². The number of Topliss-reactive ketones (excluding diaryl/α,β-unsaturated/α-hetero) is 1. The molecule has 2 rings (SSSR count). The van der Waals surface area contributed by atoms with Gasteiger partial charge in [-0.15, -0.1) is 0 Å². The lowest BCUT2D eigenvalue weighted by atomic mass is 10.2. The Bertz CT molecular complexity index is 537. The molecule has 0 atom stereocenters. The minimum atomic E-state index is -0.476. The molecule has 1 aromatic heterocycles. The highest BCUT2D eigenvalue weighted by molar-refractivity contribution is 6.34. The van der Waals surface area contributed by atoms with Gasteiger partial charge in [0.1, 0.15) is 11.9 Å². The number of aromatic nitrogens is 2. The Balaban J connectivity index is 2.51. The van der Waals surface area contributed by atoms with Gasteiger partial charge in [-0.25, -0.2) is 4.98 Å². The quantitative estimate of drug-likeness (QED) is 0.343. The van der Waals surface area contributed by atoms with Gasteiger partial charge in [0.25, 0.3) is 0 Å². The summed E-state index contributed by atoms with van der Waals surface area (Å²) < 4.78 is 0. The van der Waals surface area contributed by atoms with Crippen molar-refractivity contribution in [3.05, 3.63) is 36.2 Å². The first-order chi connectivity index (χ1) is 7.31. The number of carbonyl (C=O) groups is 1. The number of ketones is 1. The molecule has 1 N–H and O–H groups in total. The second kappa shape index (κ2) is 3.83. The van der Waals surface area contributed by atoms with Crippen molar-refractivity contribution >= 4 is 23.0 Å². The van der Waals surface area contributed by atoms with E-state index in [1.54, 1.807) is 12.1 Å². The van der Waals surface area contributed by atoms with Crippen molar-refractivity contribution in [1.29, 1.82) is 0 Å². The third kappa shape index (κ3) is 1.80. The predicted octanol–water partition coefficient (Wildman–Crippen LogP) is 1.27. The van der Waals surface area contributed by atoms with E-state index in [0.29, 0.717) is 5.52 Å². The van der Waals surface area contributed by atoms with E-state index in [2.05, 4.69) is 15.1 Å². The van der Waals surface area contributed by atoms with Gasteiger partial charge >= 0.3 is 0 Å². The van der Waals surface area contributed by atoms with Crippen molar-refractivity contribution in [2.45, 2.75) is 0 Å². The number of rotatable bonds is 2. The van der Waals surface area contributed by atoms with E-state index in [1.807, 2.05) is 12.1 Å². The molecule has 0 bridgehead atoms. The van der Waals surface area contributed by atoms with Crippen molar-refractivity contribution in [3.63, 3.8) is 0 Å². The minimum absolute atomic E-state index is 0.159. The Morgan fingerprint density at radius 3 is 2.80 bits per heavy atom. The zero-order valence-electron chi connectivity index (χ0n) is 7.66. The Morgan fingerprint density at radius 2 is 2.07 bits per heavy atom. The van der Waals surface area contributed by atoms with Crippen LogP contribution in [0.25, 0.3) is 11.0 Å². The highest BCUT2D eigenvalue weighted by atomic mass is 16.4. The van der Waals surface area contributed by atoms with Gasteiger partial charge in [0.05, 0.1) is 17.2 Å². The van der Waals surface area contributed by atoms with Crippen LogP contribution in [0.2, 0.25) is 0 Å². The zero-order valence-corrected chi connectivity index (χ0v) is 7.66. The third-order valence-corrected chi connectivity index (χ3v) is 1.88. The molecular weight excluding hydrogens is 194 g/mol. The van der Waals surface area contributed by atoms with Crippen LogP contribution in [-0.4, -0.2) is 27.2 Å². The van der Waals surface area contributed by atoms with Crippen LogP contribution in [0.1, 0.15) is 10.5 Å². The number of benzene rings is 1. The fourth-order valence-electron chi connectivity index (χ4n) is 1.19. The lowest BCUT2D eigenvalue weighted by molar-refractivity contribution is 0.106. The first-order valence-electron chi connectivity index (χ1n) is 4.25. The molecule has 0 saturated carbocycles. The average molecular weight is 201 g/mol. The SMILES string of the molecule is O=C(/C=N/O)c1cnc2ccccc2n1. The summed E-state index contributed by atoms with van der Waals surface area (Å²) in [5.74, 6) is -0.476. The molecule has 0 fully saturated rings. The van der Waals surface area contributed by atoms with Crippen molar-refractivity contribution < 1.29 is 10.0 Å². The molecule has 0 saturated heterocycles. The second-order valence-electron chi connectivity index (χ2n) is 2.85. The van der Waals surface area contributed by atoms with Gasteiger partial charge in [-0.1, -0.05) is 17.3 Å². The molecule has 1 heterocycles. The van der Waals surface area contributed by atoms with Crippen LogP contribution in [0.4, 0.5) is 0 Å². The number of oxime groups is 1. The molecule has 0 radical (unpaired) electrons. The van der Waals surface area contributed by atoms with E-state index in [4.69, 9.17) is 5.21 Å². The smallest absolute Gasteiger partial charge is 0.227 e. The van der Waals surface area contributed by atoms with Gasteiger partial charge in [-0.2, -0.15) is 0 Å². The van der Waals surface area contributed by atoms with E-state index >= 15 is 0 Å². The van der Waals surface area contributed by atoms with Crippen LogP contribution >= 0.6 is 0 Å². The maximum Gasteiger partial charge on any atom is 0.227 e. The van der Waals surface area contributed by atoms with Gasteiger partial charge in [0.15, 0.2) is 0 Å². The number of carbonyl (C=O) groups excluding carboxylic acids is 1. The van der Waals surface area contributed by atoms with Crippen LogP contribution in [0.15, 0.2) is 35.6 Å². The average Bonchev–Trinajstić information content (AvgIpc) is 2.29. The van der Waals surface area contributed by atoms with Crippen molar-refractivity contribution in [2.24, 2.45) is 5.16 Å². The van der Waals surface area contributed by atoms with Crippen LogP contribution in [0.3, 0.4) is 0 Å². The van der Waals surface area contributed by atoms with Crippen LogP contribution in [0.5, 0.6) is 0 Å². The first-order valence-corrected chi connectivity index (χ1v) is 4.25. The van der Waals surface area contributed by atoms with E-state index in [9.17, 15) is 4.79 Å². The van der Waals surface area contributed by atoms with E-state index in [-0.39, 0.29) is 5.69 Å². The first kappa shape index (κ1) is 9.26. The molecule has 0 spiro atoms. The fraction of sp³-hybridized carbons (Fsp3) is 0. The molecular formula is C10H7N3O2. The second-order valence-corrected chi connectivity index (χ2v) is 2.85. The Hall–Kier alpha value is -2.30. The van der Waals surface area contributed by atoms with Crippen LogP contribution in [0, 0.1) is 0 Å². The molecule has 0 unspecified atom stereocenters. The molecule has 0 aliphatic heterocycles. The molecule has 0 aliphatic rings. The summed E-state index contributed by atoms with van der Waals surface area (Å²) in [5, 5.41) is 10.9. The highest BCUT2D eigenvalue weighted by Gasteiger charge is 2.06. The van der Waals surface area contributed by atoms with E-state index in [1.165, 1.54) is 6.20 Å². The minimum Gasteiger partial charge on any atom is -0.411 e. The molecule has 15 heavy (non-hydrogen) atoms. The molecule has 0 amide bonds. The normalized spacial score (nSPS) is 10.9. The van der Waals surface area contributed by atoms with Crippen LogP contribution < -0.4 is 0 Å². The topological polar surface area (TPSA) is 75.4 Å². The number of hydrogen-bond donors (Lipinski definition) is 1. The maximum absolute atomic E-state index is 11.3. The van der Waals surface area contributed by atoms with E-state index in [0.717, 1.165) is 11.7 Å². The van der Waals surface area contributed by atoms with Crippen molar-refractivity contribution in [3.8, 4) is 0 Å². The zero-order chi connectivity index (χ0) is 10.7. The molecule has 0 aliphatic carbocycles. The summed E-state index contributed by atoms with van der Waals surface area (Å²) in [5.41, 5.74) is 1.51. The Kier molecular flexibility index (Phi) is 2.37. The number of hydrogen-bond acceptors (Lipinski definition) is 5. The number of para-hydroxylation sites is 2. The largest absolute Gasteiger partial charge is 0.411 e. The number of nitrogens with zero attached hydrogens (tertiary/aromatic N) is 3.